The zero-order valence-electron chi connectivity index (χ0n) is 15.4. The van der Waals surface area contributed by atoms with Crippen molar-refractivity contribution in [3.63, 3.8) is 0 Å². The maximum atomic E-state index is 6.45. The third-order valence-corrected chi connectivity index (χ3v) is 9.03. The fourth-order valence-corrected chi connectivity index (χ4v) is 7.85. The van der Waals surface area contributed by atoms with Gasteiger partial charge in [0.25, 0.3) is 0 Å². The summed E-state index contributed by atoms with van der Waals surface area (Å²) in [7, 11) is -2.11. The van der Waals surface area contributed by atoms with E-state index < -0.39 is 16.6 Å². The molecule has 0 aliphatic carbocycles. The van der Waals surface area contributed by atoms with Gasteiger partial charge in [-0.05, 0) is 35.4 Å². The molecule has 0 amide bonds. The Morgan fingerprint density at radius 1 is 0.448 bits per heavy atom. The maximum absolute atomic E-state index is 6.45. The largest absolute Gasteiger partial charge is 0.453 e. The van der Waals surface area contributed by atoms with Gasteiger partial charge >= 0.3 is 0 Å². The lowest BCUT2D eigenvalue weighted by Crippen LogP contribution is -2.27. The lowest BCUT2D eigenvalue weighted by atomic mass is 10.0. The van der Waals surface area contributed by atoms with Gasteiger partial charge in [-0.1, -0.05) is 72.8 Å². The minimum atomic E-state index is -1.06. The third kappa shape index (κ3) is 2.86. The first-order chi connectivity index (χ1) is 14.4. The van der Waals surface area contributed by atoms with Gasteiger partial charge in [-0.2, -0.15) is 0 Å². The molecule has 6 rings (SSSR count). The highest BCUT2D eigenvalue weighted by atomic mass is 31.2. The van der Waals surface area contributed by atoms with Crippen LogP contribution < -0.4 is 24.5 Å². The van der Waals surface area contributed by atoms with E-state index in [4.69, 9.17) is 9.05 Å². The van der Waals surface area contributed by atoms with Crippen molar-refractivity contribution in [3.8, 4) is 33.8 Å². The van der Waals surface area contributed by atoms with Crippen molar-refractivity contribution in [1.82, 2.24) is 4.86 Å². The van der Waals surface area contributed by atoms with Crippen LogP contribution in [0.25, 0.3) is 22.3 Å². The first-order valence-corrected chi connectivity index (χ1v) is 12.0. The maximum Gasteiger partial charge on any atom is 0.201 e. The summed E-state index contributed by atoms with van der Waals surface area (Å²) in [5.41, 5.74) is 4.75. The number of hydrogen-bond donors (Lipinski definition) is 1. The molecule has 2 aliphatic rings. The first-order valence-electron chi connectivity index (χ1n) is 9.48. The van der Waals surface area contributed by atoms with Crippen LogP contribution in [-0.2, 0) is 0 Å². The number of para-hydroxylation sites is 2. The second kappa shape index (κ2) is 6.97. The second-order valence-corrected chi connectivity index (χ2v) is 10.2. The Bertz CT molecular complexity index is 1130. The standard InChI is InChI=1S/C24H17NO2P2/c1-5-13-21-17(9-1)19-11-3-7-15-23(19)28(26-21)25-29-24-16-8-4-12-20(24)18-10-2-6-14-22(18)27-29/h1-16,25H. The van der Waals surface area contributed by atoms with Gasteiger partial charge in [0.1, 0.15) is 11.5 Å². The molecule has 0 radical (unpaired) electrons. The first kappa shape index (κ1) is 17.2. The molecule has 29 heavy (non-hydrogen) atoms. The third-order valence-electron chi connectivity index (χ3n) is 5.16. The van der Waals surface area contributed by atoms with E-state index in [0.717, 1.165) is 22.6 Å². The Hall–Kier alpha value is -2.70. The zero-order chi connectivity index (χ0) is 19.2. The van der Waals surface area contributed by atoms with Crippen molar-refractivity contribution in [2.45, 2.75) is 0 Å². The molecule has 140 valence electrons. The molecule has 5 heteroatoms. The minimum absolute atomic E-state index is 0.922. The average molecular weight is 413 g/mol. The van der Waals surface area contributed by atoms with Gasteiger partial charge in [0.05, 0.1) is 0 Å². The Balaban J connectivity index is 1.41. The molecule has 2 heterocycles. The van der Waals surface area contributed by atoms with Gasteiger partial charge in [0, 0.05) is 21.7 Å². The molecule has 1 N–H and O–H groups in total. The fraction of sp³-hybridized carbons (Fsp3) is 0. The Morgan fingerprint density at radius 3 is 1.31 bits per heavy atom. The summed E-state index contributed by atoms with van der Waals surface area (Å²) >= 11 is 0. The lowest BCUT2D eigenvalue weighted by Gasteiger charge is -2.33. The van der Waals surface area contributed by atoms with E-state index in [9.17, 15) is 0 Å². The molecule has 0 spiro atoms. The monoisotopic (exact) mass is 413 g/mol. The summed E-state index contributed by atoms with van der Waals surface area (Å²) in [6.45, 7) is 0. The van der Waals surface area contributed by atoms with E-state index in [2.05, 4.69) is 77.7 Å². The van der Waals surface area contributed by atoms with Crippen LogP contribution in [0.4, 0.5) is 0 Å². The Kier molecular flexibility index (Phi) is 4.13. The molecular weight excluding hydrogens is 396 g/mol. The summed E-state index contributed by atoms with van der Waals surface area (Å²) < 4.78 is 12.9. The van der Waals surface area contributed by atoms with Crippen molar-refractivity contribution >= 4 is 27.2 Å². The van der Waals surface area contributed by atoms with Gasteiger partial charge in [0.2, 0.25) is 16.6 Å². The molecule has 2 aliphatic heterocycles. The van der Waals surface area contributed by atoms with E-state index in [1.807, 2.05) is 24.3 Å². The van der Waals surface area contributed by atoms with E-state index in [1.165, 1.54) is 21.7 Å². The molecule has 0 aromatic heterocycles. The summed E-state index contributed by atoms with van der Waals surface area (Å²) in [5, 5.41) is 2.40. The Labute approximate surface area is 172 Å². The van der Waals surface area contributed by atoms with Crippen LogP contribution in [0.1, 0.15) is 0 Å². The topological polar surface area (TPSA) is 30.5 Å². The van der Waals surface area contributed by atoms with Crippen LogP contribution in [0, 0.1) is 0 Å². The van der Waals surface area contributed by atoms with Crippen molar-refractivity contribution in [1.29, 1.82) is 0 Å². The Morgan fingerprint density at radius 2 is 0.828 bits per heavy atom. The molecule has 0 fully saturated rings. The minimum Gasteiger partial charge on any atom is -0.453 e. The van der Waals surface area contributed by atoms with Crippen LogP contribution in [0.15, 0.2) is 97.1 Å². The van der Waals surface area contributed by atoms with Gasteiger partial charge in [0.15, 0.2) is 0 Å². The summed E-state index contributed by atoms with van der Waals surface area (Å²) in [6.07, 6.45) is 0. The SMILES string of the molecule is c1ccc2c(c1)OP(NP1Oc3ccccc3-c3ccccc31)c1ccccc1-2. The molecule has 0 bridgehead atoms. The molecular formula is C24H17NO2P2. The van der Waals surface area contributed by atoms with Crippen LogP contribution in [-0.4, -0.2) is 0 Å². The number of rotatable bonds is 2. The van der Waals surface area contributed by atoms with Gasteiger partial charge in [-0.25, -0.2) is 4.86 Å². The van der Waals surface area contributed by atoms with Crippen molar-refractivity contribution in [2.75, 3.05) is 0 Å². The smallest absolute Gasteiger partial charge is 0.201 e. The van der Waals surface area contributed by atoms with Crippen molar-refractivity contribution in [3.05, 3.63) is 97.1 Å². The van der Waals surface area contributed by atoms with Crippen LogP contribution in [0.2, 0.25) is 0 Å². The molecule has 0 saturated carbocycles. The van der Waals surface area contributed by atoms with Crippen molar-refractivity contribution < 1.29 is 9.05 Å². The predicted octanol–water partition coefficient (Wildman–Crippen LogP) is 5.97. The van der Waals surface area contributed by atoms with E-state index >= 15 is 0 Å². The number of fused-ring (bicyclic) bond motifs is 6. The second-order valence-electron chi connectivity index (χ2n) is 6.90. The van der Waals surface area contributed by atoms with Gasteiger partial charge in [-0.15, -0.1) is 0 Å². The summed E-state index contributed by atoms with van der Waals surface area (Å²) in [5.74, 6) is 1.84. The lowest BCUT2D eigenvalue weighted by molar-refractivity contribution is 0.600. The highest BCUT2D eigenvalue weighted by molar-refractivity contribution is 7.74. The van der Waals surface area contributed by atoms with E-state index in [1.54, 1.807) is 0 Å². The summed E-state index contributed by atoms with van der Waals surface area (Å²) in [6, 6.07) is 33.5. The number of hydrogen-bond acceptors (Lipinski definition) is 3. The molecule has 3 nitrogen and oxygen atoms in total. The van der Waals surface area contributed by atoms with Crippen LogP contribution in [0.5, 0.6) is 11.5 Å². The highest BCUT2D eigenvalue weighted by Gasteiger charge is 2.33. The zero-order valence-corrected chi connectivity index (χ0v) is 17.2. The predicted molar refractivity (Wildman–Crippen MR) is 121 cm³/mol. The quantitative estimate of drug-likeness (QED) is 0.411. The number of nitrogens with one attached hydrogen (secondary N) is 1. The molecule has 2 unspecified atom stereocenters. The highest BCUT2D eigenvalue weighted by Crippen LogP contribution is 2.54. The van der Waals surface area contributed by atoms with Crippen LogP contribution >= 0.6 is 16.6 Å². The summed E-state index contributed by atoms with van der Waals surface area (Å²) in [4.78, 5) is 3.74. The molecule has 2 atom stereocenters. The van der Waals surface area contributed by atoms with E-state index in [0.29, 0.717) is 0 Å². The van der Waals surface area contributed by atoms with Gasteiger partial charge < -0.3 is 9.05 Å². The van der Waals surface area contributed by atoms with E-state index in [-0.39, 0.29) is 0 Å². The normalized spacial score (nSPS) is 18.3. The number of benzene rings is 4. The average Bonchev–Trinajstić information content (AvgIpc) is 2.79. The molecule has 0 saturated heterocycles. The fourth-order valence-electron chi connectivity index (χ4n) is 3.82. The van der Waals surface area contributed by atoms with Crippen LogP contribution in [0.3, 0.4) is 0 Å². The molecule has 4 aromatic rings. The van der Waals surface area contributed by atoms with Gasteiger partial charge in [-0.3, -0.25) is 0 Å². The van der Waals surface area contributed by atoms with Crippen molar-refractivity contribution in [2.24, 2.45) is 0 Å². The molecule has 4 aromatic carbocycles.